The van der Waals surface area contributed by atoms with Crippen molar-refractivity contribution in [3.8, 4) is 11.8 Å². The van der Waals surface area contributed by atoms with E-state index in [9.17, 15) is 13.2 Å². The summed E-state index contributed by atoms with van der Waals surface area (Å²) in [6.07, 6.45) is -3.17. The van der Waals surface area contributed by atoms with E-state index in [4.69, 9.17) is 5.26 Å². The lowest BCUT2D eigenvalue weighted by molar-refractivity contribution is -0.274. The zero-order valence-electron chi connectivity index (χ0n) is 11.6. The molecule has 22 heavy (non-hydrogen) atoms. The largest absolute Gasteiger partial charge is 0.573 e. The van der Waals surface area contributed by atoms with Crippen molar-refractivity contribution in [1.29, 1.82) is 5.26 Å². The van der Waals surface area contributed by atoms with E-state index in [2.05, 4.69) is 9.72 Å². The standard InChI is InChI=1S/C15H12F3N3O/c1-21(14-12(9-19)5-3-7-20-14)10-11-4-2-6-13(8-11)22-15(16,17)18/h2-8H,10H2,1H3. The average molecular weight is 307 g/mol. The molecule has 0 bridgehead atoms. The molecular weight excluding hydrogens is 295 g/mol. The number of nitrogens with zero attached hydrogens (tertiary/aromatic N) is 3. The molecule has 0 spiro atoms. The Labute approximate surface area is 125 Å². The number of pyridine rings is 1. The minimum atomic E-state index is -4.72. The van der Waals surface area contributed by atoms with Crippen molar-refractivity contribution >= 4 is 5.82 Å². The predicted octanol–water partition coefficient (Wildman–Crippen LogP) is 3.49. The summed E-state index contributed by atoms with van der Waals surface area (Å²) >= 11 is 0. The third-order valence-electron chi connectivity index (χ3n) is 2.82. The molecule has 0 unspecified atom stereocenters. The minimum absolute atomic E-state index is 0.278. The molecule has 0 atom stereocenters. The van der Waals surface area contributed by atoms with E-state index in [-0.39, 0.29) is 5.75 Å². The van der Waals surface area contributed by atoms with Crippen molar-refractivity contribution in [2.45, 2.75) is 12.9 Å². The smallest absolute Gasteiger partial charge is 0.406 e. The van der Waals surface area contributed by atoms with Crippen molar-refractivity contribution in [2.24, 2.45) is 0 Å². The first-order valence-corrected chi connectivity index (χ1v) is 6.30. The van der Waals surface area contributed by atoms with Gasteiger partial charge in [-0.3, -0.25) is 0 Å². The van der Waals surface area contributed by atoms with Gasteiger partial charge in [-0.1, -0.05) is 12.1 Å². The normalized spacial score (nSPS) is 10.9. The topological polar surface area (TPSA) is 49.1 Å². The second-order valence-corrected chi connectivity index (χ2v) is 4.54. The number of rotatable bonds is 4. The van der Waals surface area contributed by atoms with Gasteiger partial charge < -0.3 is 9.64 Å². The first kappa shape index (κ1) is 15.6. The summed E-state index contributed by atoms with van der Waals surface area (Å²) in [6.45, 7) is 0.292. The van der Waals surface area contributed by atoms with E-state index in [0.717, 1.165) is 0 Å². The van der Waals surface area contributed by atoms with E-state index in [0.29, 0.717) is 23.5 Å². The van der Waals surface area contributed by atoms with Crippen LogP contribution in [0.15, 0.2) is 42.6 Å². The van der Waals surface area contributed by atoms with Gasteiger partial charge in [0, 0.05) is 19.8 Å². The Bertz CT molecular complexity index is 695. The van der Waals surface area contributed by atoms with Gasteiger partial charge in [0.25, 0.3) is 0 Å². The van der Waals surface area contributed by atoms with Crippen LogP contribution in [-0.4, -0.2) is 18.4 Å². The first-order valence-electron chi connectivity index (χ1n) is 6.30. The number of hydrogen-bond acceptors (Lipinski definition) is 4. The lowest BCUT2D eigenvalue weighted by Crippen LogP contribution is -2.20. The van der Waals surface area contributed by atoms with Crippen molar-refractivity contribution in [3.05, 3.63) is 53.7 Å². The zero-order chi connectivity index (χ0) is 16.2. The fourth-order valence-electron chi connectivity index (χ4n) is 1.98. The van der Waals surface area contributed by atoms with Gasteiger partial charge in [0.15, 0.2) is 0 Å². The van der Waals surface area contributed by atoms with Gasteiger partial charge in [0.2, 0.25) is 0 Å². The van der Waals surface area contributed by atoms with Crippen LogP contribution in [0.3, 0.4) is 0 Å². The molecule has 0 saturated heterocycles. The lowest BCUT2D eigenvalue weighted by Gasteiger charge is -2.19. The Morgan fingerprint density at radius 1 is 1.27 bits per heavy atom. The molecule has 0 aliphatic heterocycles. The molecule has 0 aliphatic rings. The van der Waals surface area contributed by atoms with Crippen LogP contribution >= 0.6 is 0 Å². The summed E-state index contributed by atoms with van der Waals surface area (Å²) in [5.74, 6) is 0.187. The Morgan fingerprint density at radius 3 is 2.73 bits per heavy atom. The molecule has 0 N–H and O–H groups in total. The fraction of sp³-hybridized carbons (Fsp3) is 0.200. The van der Waals surface area contributed by atoms with Crippen LogP contribution in [0.1, 0.15) is 11.1 Å². The molecule has 1 aromatic carbocycles. The molecule has 0 aliphatic carbocycles. The molecular formula is C15H12F3N3O. The second-order valence-electron chi connectivity index (χ2n) is 4.54. The number of hydrogen-bond donors (Lipinski definition) is 0. The van der Waals surface area contributed by atoms with Crippen LogP contribution in [-0.2, 0) is 6.54 Å². The van der Waals surface area contributed by atoms with E-state index in [1.807, 2.05) is 6.07 Å². The highest BCUT2D eigenvalue weighted by atomic mass is 19.4. The zero-order valence-corrected chi connectivity index (χ0v) is 11.6. The number of ether oxygens (including phenoxy) is 1. The molecule has 0 amide bonds. The highest BCUT2D eigenvalue weighted by Gasteiger charge is 2.31. The van der Waals surface area contributed by atoms with Crippen LogP contribution in [0.5, 0.6) is 5.75 Å². The molecule has 2 rings (SSSR count). The third-order valence-corrected chi connectivity index (χ3v) is 2.82. The van der Waals surface area contributed by atoms with E-state index in [1.165, 1.54) is 18.2 Å². The quantitative estimate of drug-likeness (QED) is 0.867. The molecule has 1 aromatic heterocycles. The lowest BCUT2D eigenvalue weighted by atomic mass is 10.2. The fourth-order valence-corrected chi connectivity index (χ4v) is 1.98. The average Bonchev–Trinajstić information content (AvgIpc) is 2.45. The summed E-state index contributed by atoms with van der Waals surface area (Å²) in [5.41, 5.74) is 1.01. The van der Waals surface area contributed by atoms with Gasteiger partial charge in [-0.25, -0.2) is 4.98 Å². The third kappa shape index (κ3) is 4.12. The SMILES string of the molecule is CN(Cc1cccc(OC(F)(F)F)c1)c1ncccc1C#N. The monoisotopic (exact) mass is 307 g/mol. The predicted molar refractivity (Wildman–Crippen MR) is 74.2 cm³/mol. The highest BCUT2D eigenvalue weighted by molar-refractivity contribution is 5.53. The maximum Gasteiger partial charge on any atom is 0.573 e. The van der Waals surface area contributed by atoms with E-state index in [1.54, 1.807) is 36.3 Å². The van der Waals surface area contributed by atoms with Gasteiger partial charge >= 0.3 is 6.36 Å². The number of anilines is 1. The Hall–Kier alpha value is -2.75. The van der Waals surface area contributed by atoms with Crippen LogP contribution in [0, 0.1) is 11.3 Å². The molecule has 2 aromatic rings. The Kier molecular flexibility index (Phi) is 4.51. The van der Waals surface area contributed by atoms with Crippen LogP contribution in [0.25, 0.3) is 0 Å². The Morgan fingerprint density at radius 2 is 2.05 bits per heavy atom. The summed E-state index contributed by atoms with van der Waals surface area (Å²) in [5, 5.41) is 9.04. The summed E-state index contributed by atoms with van der Waals surface area (Å²) in [4.78, 5) is 5.81. The highest BCUT2D eigenvalue weighted by Crippen LogP contribution is 2.24. The number of aromatic nitrogens is 1. The first-order chi connectivity index (χ1) is 10.4. The molecule has 114 valence electrons. The van der Waals surface area contributed by atoms with Gasteiger partial charge in [-0.15, -0.1) is 13.2 Å². The molecule has 1 heterocycles. The number of alkyl halides is 3. The van der Waals surface area contributed by atoms with E-state index >= 15 is 0 Å². The Balaban J connectivity index is 2.17. The van der Waals surface area contributed by atoms with E-state index < -0.39 is 6.36 Å². The molecule has 0 fully saturated rings. The maximum atomic E-state index is 12.2. The van der Waals surface area contributed by atoms with Crippen LogP contribution < -0.4 is 9.64 Å². The van der Waals surface area contributed by atoms with Gasteiger partial charge in [-0.2, -0.15) is 5.26 Å². The molecule has 0 radical (unpaired) electrons. The number of benzene rings is 1. The van der Waals surface area contributed by atoms with Crippen molar-refractivity contribution in [1.82, 2.24) is 4.98 Å². The van der Waals surface area contributed by atoms with Gasteiger partial charge in [-0.05, 0) is 29.8 Å². The molecule has 7 heteroatoms. The van der Waals surface area contributed by atoms with Crippen molar-refractivity contribution in [3.63, 3.8) is 0 Å². The van der Waals surface area contributed by atoms with Crippen LogP contribution in [0.2, 0.25) is 0 Å². The molecule has 4 nitrogen and oxygen atoms in total. The second kappa shape index (κ2) is 6.35. The van der Waals surface area contributed by atoms with Crippen molar-refractivity contribution in [2.75, 3.05) is 11.9 Å². The number of nitriles is 1. The number of halogens is 3. The molecule has 0 saturated carbocycles. The summed E-state index contributed by atoms with van der Waals surface area (Å²) in [7, 11) is 1.71. The van der Waals surface area contributed by atoms with Crippen LogP contribution in [0.4, 0.5) is 19.0 Å². The van der Waals surface area contributed by atoms with Crippen molar-refractivity contribution < 1.29 is 17.9 Å². The van der Waals surface area contributed by atoms with Gasteiger partial charge in [0.1, 0.15) is 17.6 Å². The van der Waals surface area contributed by atoms with Gasteiger partial charge in [0.05, 0.1) is 5.56 Å². The summed E-state index contributed by atoms with van der Waals surface area (Å²) < 4.78 is 40.5. The summed E-state index contributed by atoms with van der Waals surface area (Å²) in [6, 6.07) is 11.0. The maximum absolute atomic E-state index is 12.2. The minimum Gasteiger partial charge on any atom is -0.406 e.